The molecule has 11 heavy (non-hydrogen) atoms. The largest absolute Gasteiger partial charge is 0.286 e. The Kier molecular flexibility index (Phi) is 2.62. The molecule has 0 fully saturated rings. The van der Waals surface area contributed by atoms with Gasteiger partial charge in [0, 0.05) is 0 Å². The molecule has 1 aromatic rings. The molecular formula is C7H13N2O2+. The van der Waals surface area contributed by atoms with Gasteiger partial charge < -0.3 is 0 Å². The van der Waals surface area contributed by atoms with Crippen molar-refractivity contribution in [3.8, 4) is 0 Å². The van der Waals surface area contributed by atoms with E-state index in [0.29, 0.717) is 0 Å². The maximum atomic E-state index is 8.26. The molecule has 0 aliphatic carbocycles. The van der Waals surface area contributed by atoms with Crippen LogP contribution in [0.25, 0.3) is 0 Å². The van der Waals surface area contributed by atoms with Crippen LogP contribution < -0.4 is 4.57 Å². The molecule has 0 aliphatic heterocycles. The van der Waals surface area contributed by atoms with Gasteiger partial charge in [0.2, 0.25) is 0 Å². The van der Waals surface area contributed by atoms with Crippen molar-refractivity contribution in [3.63, 3.8) is 0 Å². The topological polar surface area (TPSA) is 38.3 Å². The van der Waals surface area contributed by atoms with Crippen molar-refractivity contribution in [1.82, 2.24) is 4.57 Å². The van der Waals surface area contributed by atoms with Crippen molar-refractivity contribution >= 4 is 0 Å². The van der Waals surface area contributed by atoms with Crippen LogP contribution in [0.15, 0.2) is 12.4 Å². The lowest BCUT2D eigenvalue weighted by atomic mass is 10.6. The zero-order valence-corrected chi connectivity index (χ0v) is 6.82. The Balaban J connectivity index is 2.88. The Labute approximate surface area is 65.6 Å². The molecule has 1 rings (SSSR count). The molecule has 0 bridgehead atoms. The first-order chi connectivity index (χ1) is 5.29. The quantitative estimate of drug-likeness (QED) is 0.390. The Morgan fingerprint density at radius 2 is 2.45 bits per heavy atom. The third kappa shape index (κ3) is 1.58. The lowest BCUT2D eigenvalue weighted by Crippen LogP contribution is -2.32. The maximum Gasteiger partial charge on any atom is 0.286 e. The van der Waals surface area contributed by atoms with Crippen LogP contribution in [0.3, 0.4) is 0 Å². The molecule has 0 saturated carbocycles. The highest BCUT2D eigenvalue weighted by Crippen LogP contribution is 1.95. The summed E-state index contributed by atoms with van der Waals surface area (Å²) in [4.78, 5) is 4.07. The molecule has 0 spiro atoms. The van der Waals surface area contributed by atoms with Crippen molar-refractivity contribution in [2.24, 2.45) is 7.05 Å². The van der Waals surface area contributed by atoms with Crippen LogP contribution >= 0.6 is 0 Å². The first kappa shape index (κ1) is 8.23. The highest BCUT2D eigenvalue weighted by Gasteiger charge is 2.12. The van der Waals surface area contributed by atoms with Gasteiger partial charge in [-0.15, -0.1) is 0 Å². The number of nitrogens with zero attached hydrogens (tertiary/aromatic N) is 2. The summed E-state index contributed by atoms with van der Waals surface area (Å²) in [5.41, 5.74) is 0. The summed E-state index contributed by atoms with van der Waals surface area (Å²) in [6, 6.07) is 0. The number of hydrogen-bond donors (Lipinski definition) is 1. The summed E-state index contributed by atoms with van der Waals surface area (Å²) in [6.07, 6.45) is 3.88. The van der Waals surface area contributed by atoms with E-state index >= 15 is 0 Å². The first-order valence-corrected chi connectivity index (χ1v) is 3.59. The van der Waals surface area contributed by atoms with Gasteiger partial charge in [-0.25, -0.2) is 14.0 Å². The minimum absolute atomic E-state index is 0.233. The van der Waals surface area contributed by atoms with E-state index in [2.05, 4.69) is 4.89 Å². The minimum atomic E-state index is 0.233. The van der Waals surface area contributed by atoms with Gasteiger partial charge in [0.25, 0.3) is 5.82 Å². The van der Waals surface area contributed by atoms with E-state index in [0.717, 1.165) is 12.4 Å². The standard InChI is InChI=1S/C7H12N2O2/c1-3-9-5-4-8(2)7(9)6-11-10/h4-5H,3,6H2,1-2H3/p+1. The first-order valence-electron chi connectivity index (χ1n) is 3.59. The van der Waals surface area contributed by atoms with Gasteiger partial charge >= 0.3 is 0 Å². The van der Waals surface area contributed by atoms with Crippen LogP contribution in [0.2, 0.25) is 0 Å². The second-order valence-electron chi connectivity index (χ2n) is 2.38. The van der Waals surface area contributed by atoms with Crippen molar-refractivity contribution in [2.75, 3.05) is 0 Å². The van der Waals surface area contributed by atoms with Crippen LogP contribution in [0.4, 0.5) is 0 Å². The Morgan fingerprint density at radius 3 is 3.00 bits per heavy atom. The molecule has 0 atom stereocenters. The Morgan fingerprint density at radius 1 is 1.73 bits per heavy atom. The molecule has 4 nitrogen and oxygen atoms in total. The molecule has 0 saturated heterocycles. The normalized spacial score (nSPS) is 10.5. The van der Waals surface area contributed by atoms with E-state index in [1.807, 2.05) is 35.5 Å². The van der Waals surface area contributed by atoms with Gasteiger partial charge in [-0.1, -0.05) is 0 Å². The fourth-order valence-corrected chi connectivity index (χ4v) is 1.09. The number of rotatable bonds is 3. The highest BCUT2D eigenvalue weighted by molar-refractivity contribution is 4.80. The number of hydrogen-bond acceptors (Lipinski definition) is 2. The van der Waals surface area contributed by atoms with Gasteiger partial charge in [0.05, 0.1) is 13.6 Å². The molecule has 0 radical (unpaired) electrons. The van der Waals surface area contributed by atoms with E-state index in [-0.39, 0.29) is 6.61 Å². The molecule has 0 amide bonds. The van der Waals surface area contributed by atoms with Crippen molar-refractivity contribution < 1.29 is 14.7 Å². The second kappa shape index (κ2) is 3.50. The molecule has 0 aromatic carbocycles. The monoisotopic (exact) mass is 157 g/mol. The molecular weight excluding hydrogens is 144 g/mol. The van der Waals surface area contributed by atoms with Gasteiger partial charge in [-0.05, 0) is 6.92 Å². The average Bonchev–Trinajstić information content (AvgIpc) is 2.34. The summed E-state index contributed by atoms with van der Waals surface area (Å²) in [5.74, 6) is 0.954. The van der Waals surface area contributed by atoms with E-state index < -0.39 is 0 Å². The summed E-state index contributed by atoms with van der Waals surface area (Å²) in [5, 5.41) is 8.26. The van der Waals surface area contributed by atoms with E-state index in [1.165, 1.54) is 0 Å². The van der Waals surface area contributed by atoms with Crippen molar-refractivity contribution in [3.05, 3.63) is 18.2 Å². The molecule has 1 aromatic heterocycles. The smallest absolute Gasteiger partial charge is 0.251 e. The summed E-state index contributed by atoms with van der Waals surface area (Å²) in [7, 11) is 1.92. The zero-order chi connectivity index (χ0) is 8.27. The minimum Gasteiger partial charge on any atom is -0.251 e. The average molecular weight is 157 g/mol. The zero-order valence-electron chi connectivity index (χ0n) is 6.82. The fraction of sp³-hybridized carbons (Fsp3) is 0.571. The van der Waals surface area contributed by atoms with Gasteiger partial charge in [-0.3, -0.25) is 5.26 Å². The van der Waals surface area contributed by atoms with E-state index in [4.69, 9.17) is 5.26 Å². The number of aryl methyl sites for hydroxylation is 2. The maximum absolute atomic E-state index is 8.26. The van der Waals surface area contributed by atoms with Crippen molar-refractivity contribution in [2.45, 2.75) is 20.1 Å². The molecule has 1 N–H and O–H groups in total. The van der Waals surface area contributed by atoms with Gasteiger partial charge in [0.1, 0.15) is 12.4 Å². The Bertz CT molecular complexity index is 232. The lowest BCUT2D eigenvalue weighted by molar-refractivity contribution is -0.682. The fourth-order valence-electron chi connectivity index (χ4n) is 1.09. The number of aromatic nitrogens is 2. The summed E-state index contributed by atoms with van der Waals surface area (Å²) >= 11 is 0. The SMILES string of the molecule is CCn1cc[n+](C)c1COO. The van der Waals surface area contributed by atoms with Crippen LogP contribution in [-0.2, 0) is 25.1 Å². The predicted molar refractivity (Wildman–Crippen MR) is 38.7 cm³/mol. The van der Waals surface area contributed by atoms with Crippen molar-refractivity contribution in [1.29, 1.82) is 0 Å². The van der Waals surface area contributed by atoms with Crippen LogP contribution in [0.1, 0.15) is 12.7 Å². The second-order valence-corrected chi connectivity index (χ2v) is 2.38. The molecule has 62 valence electrons. The lowest BCUT2D eigenvalue weighted by Gasteiger charge is -1.96. The molecule has 0 aliphatic rings. The third-order valence-electron chi connectivity index (χ3n) is 1.74. The summed E-state index contributed by atoms with van der Waals surface area (Å²) in [6.45, 7) is 3.16. The molecule has 0 unspecified atom stereocenters. The molecule has 1 heterocycles. The Hall–Kier alpha value is -0.870. The van der Waals surface area contributed by atoms with Crippen LogP contribution in [0, 0.1) is 0 Å². The van der Waals surface area contributed by atoms with E-state index in [1.54, 1.807) is 0 Å². The van der Waals surface area contributed by atoms with Crippen LogP contribution in [-0.4, -0.2) is 9.82 Å². The van der Waals surface area contributed by atoms with E-state index in [9.17, 15) is 0 Å². The van der Waals surface area contributed by atoms with Gasteiger partial charge in [-0.2, -0.15) is 0 Å². The number of imidazole rings is 1. The highest BCUT2D eigenvalue weighted by atomic mass is 17.1. The van der Waals surface area contributed by atoms with Gasteiger partial charge in [0.15, 0.2) is 6.61 Å². The molecule has 4 heteroatoms. The third-order valence-corrected chi connectivity index (χ3v) is 1.74. The van der Waals surface area contributed by atoms with Crippen LogP contribution in [0.5, 0.6) is 0 Å². The predicted octanol–water partition coefficient (Wildman–Crippen LogP) is 0.322. The summed E-state index contributed by atoms with van der Waals surface area (Å²) < 4.78 is 3.93.